The fraction of sp³-hybridized carbons (Fsp3) is 0.667. The Kier molecular flexibility index (Phi) is 19.1. The average Bonchev–Trinajstić information content (AvgIpc) is 1.59. The molecule has 0 radical (unpaired) electrons. The van der Waals surface area contributed by atoms with Crippen LogP contribution in [0.15, 0.2) is 0 Å². The van der Waals surface area contributed by atoms with Crippen molar-refractivity contribution in [1.29, 1.82) is 0 Å². The zero-order valence-corrected chi connectivity index (χ0v) is 13.7. The van der Waals surface area contributed by atoms with E-state index in [1.54, 1.807) is 0 Å². The molecule has 0 aliphatic heterocycles. The Hall–Kier alpha value is 0.547. The Balaban J connectivity index is -0.0000000546. The van der Waals surface area contributed by atoms with Crippen LogP contribution in [0.4, 0.5) is 0 Å². The SMILES string of the molecule is CC(O)C(=O)O.O=S(=O)(O)O.[Zn].[Zn]. The van der Waals surface area contributed by atoms with Crippen LogP contribution in [0, 0.1) is 0 Å². The summed E-state index contributed by atoms with van der Waals surface area (Å²) >= 11 is 0. The van der Waals surface area contributed by atoms with Gasteiger partial charge in [0.2, 0.25) is 0 Å². The van der Waals surface area contributed by atoms with Crippen molar-refractivity contribution in [2.75, 3.05) is 0 Å². The molecule has 0 aromatic heterocycles. The number of rotatable bonds is 1. The maximum Gasteiger partial charge on any atom is 0.394 e. The standard InChI is InChI=1S/C3H6O3.H2O4S.2Zn/c1-2(4)3(5)6;1-5(2,3)4;;/h2,4H,1H3,(H,5,6);(H2,1,2,3,4);;. The second kappa shape index (κ2) is 10.6. The molecule has 0 bridgehead atoms. The summed E-state index contributed by atoms with van der Waals surface area (Å²) in [6, 6.07) is 0. The molecule has 13 heavy (non-hydrogen) atoms. The minimum Gasteiger partial charge on any atom is -0.479 e. The fourth-order valence-electron chi connectivity index (χ4n) is 0. The molecule has 0 heterocycles. The predicted molar refractivity (Wildman–Crippen MR) is 33.5 cm³/mol. The van der Waals surface area contributed by atoms with Crippen LogP contribution < -0.4 is 0 Å². The number of carboxylic acids is 1. The van der Waals surface area contributed by atoms with Crippen molar-refractivity contribution in [2.45, 2.75) is 13.0 Å². The first kappa shape index (κ1) is 23.4. The summed E-state index contributed by atoms with van der Waals surface area (Å²) in [6.07, 6.45) is -1.23. The Bertz CT molecular complexity index is 202. The number of aliphatic carboxylic acids is 1. The van der Waals surface area contributed by atoms with Gasteiger partial charge in [-0.1, -0.05) is 0 Å². The van der Waals surface area contributed by atoms with Gasteiger partial charge in [0, 0.05) is 39.0 Å². The molecule has 0 saturated carbocycles. The van der Waals surface area contributed by atoms with E-state index in [1.807, 2.05) is 0 Å². The van der Waals surface area contributed by atoms with Crippen molar-refractivity contribution in [1.82, 2.24) is 0 Å². The molecule has 4 N–H and O–H groups in total. The molecule has 7 nitrogen and oxygen atoms in total. The van der Waals surface area contributed by atoms with Crippen LogP contribution in [-0.4, -0.2) is 39.8 Å². The van der Waals surface area contributed by atoms with Crippen LogP contribution >= 0.6 is 0 Å². The van der Waals surface area contributed by atoms with Crippen LogP contribution in [0.1, 0.15) is 6.92 Å². The molecule has 72 valence electrons. The second-order valence-electron chi connectivity index (χ2n) is 1.46. The summed E-state index contributed by atoms with van der Waals surface area (Å²) in [4.78, 5) is 9.45. The molecule has 0 aromatic carbocycles. The number of aliphatic hydroxyl groups is 1. The molecule has 1 unspecified atom stereocenters. The quantitative estimate of drug-likeness (QED) is 0.352. The van der Waals surface area contributed by atoms with E-state index < -0.39 is 22.5 Å². The summed E-state index contributed by atoms with van der Waals surface area (Å²) in [5.74, 6) is -1.19. The van der Waals surface area contributed by atoms with Gasteiger partial charge >= 0.3 is 16.4 Å². The Morgan fingerprint density at radius 2 is 1.31 bits per heavy atom. The topological polar surface area (TPSA) is 132 Å². The van der Waals surface area contributed by atoms with Crippen molar-refractivity contribution in [2.24, 2.45) is 0 Å². The summed E-state index contributed by atoms with van der Waals surface area (Å²) in [5.41, 5.74) is 0. The van der Waals surface area contributed by atoms with Gasteiger partial charge in [0.25, 0.3) is 0 Å². The third-order valence-electron chi connectivity index (χ3n) is 0.357. The molecule has 10 heteroatoms. The average molecular weight is 319 g/mol. The van der Waals surface area contributed by atoms with Gasteiger partial charge in [-0.15, -0.1) is 0 Å². The third kappa shape index (κ3) is 67.5. The van der Waals surface area contributed by atoms with E-state index in [0.29, 0.717) is 0 Å². The van der Waals surface area contributed by atoms with E-state index in [0.717, 1.165) is 0 Å². The zero-order chi connectivity index (χ0) is 9.65. The van der Waals surface area contributed by atoms with Crippen molar-refractivity contribution in [3.05, 3.63) is 0 Å². The van der Waals surface area contributed by atoms with E-state index in [1.165, 1.54) is 6.92 Å². The van der Waals surface area contributed by atoms with Crippen LogP contribution in [0.2, 0.25) is 0 Å². The molecular weight excluding hydrogens is 311 g/mol. The summed E-state index contributed by atoms with van der Waals surface area (Å²) in [7, 11) is -4.67. The zero-order valence-electron chi connectivity index (χ0n) is 6.91. The minimum absolute atomic E-state index is 0. The van der Waals surface area contributed by atoms with E-state index in [2.05, 4.69) is 0 Å². The summed E-state index contributed by atoms with van der Waals surface area (Å²) in [6.45, 7) is 1.20. The van der Waals surface area contributed by atoms with Crippen LogP contribution in [0.5, 0.6) is 0 Å². The second-order valence-corrected chi connectivity index (χ2v) is 2.36. The molecule has 0 fully saturated rings. The Labute approximate surface area is 101 Å². The molecule has 0 aliphatic carbocycles. The molecule has 0 amide bonds. The molecule has 0 aliphatic rings. The predicted octanol–water partition coefficient (Wildman–Crippen LogP) is -1.21. The smallest absolute Gasteiger partial charge is 0.394 e. The van der Waals surface area contributed by atoms with Crippen molar-refractivity contribution in [3.8, 4) is 0 Å². The van der Waals surface area contributed by atoms with Gasteiger partial charge < -0.3 is 10.2 Å². The normalized spacial score (nSPS) is 10.8. The maximum absolute atomic E-state index is 9.45. The first-order valence-corrected chi connectivity index (χ1v) is 3.65. The van der Waals surface area contributed by atoms with Crippen molar-refractivity contribution < 1.29 is 71.5 Å². The Morgan fingerprint density at radius 1 is 1.23 bits per heavy atom. The maximum atomic E-state index is 9.45. The molecular formula is C3H8O7SZn2. The first-order chi connectivity index (χ1) is 4.64. The van der Waals surface area contributed by atoms with Gasteiger partial charge in [-0.25, -0.2) is 4.79 Å². The molecule has 0 spiro atoms. The van der Waals surface area contributed by atoms with Crippen molar-refractivity contribution >= 4 is 16.4 Å². The fourth-order valence-corrected chi connectivity index (χ4v) is 0. The number of hydrogen-bond donors (Lipinski definition) is 4. The minimum atomic E-state index is -4.67. The van der Waals surface area contributed by atoms with Crippen LogP contribution in [0.25, 0.3) is 0 Å². The van der Waals surface area contributed by atoms with Crippen molar-refractivity contribution in [3.63, 3.8) is 0 Å². The van der Waals surface area contributed by atoms with Gasteiger partial charge in [-0.3, -0.25) is 9.11 Å². The first-order valence-electron chi connectivity index (χ1n) is 2.25. The summed E-state index contributed by atoms with van der Waals surface area (Å²) in [5, 5.41) is 15.8. The van der Waals surface area contributed by atoms with E-state index >= 15 is 0 Å². The monoisotopic (exact) mass is 316 g/mol. The van der Waals surface area contributed by atoms with Gasteiger partial charge in [-0.2, -0.15) is 8.42 Å². The van der Waals surface area contributed by atoms with E-state index in [9.17, 15) is 4.79 Å². The molecule has 0 saturated heterocycles. The number of hydrogen-bond acceptors (Lipinski definition) is 4. The van der Waals surface area contributed by atoms with Gasteiger partial charge in [0.1, 0.15) is 6.10 Å². The van der Waals surface area contributed by atoms with Crippen LogP contribution in [0.3, 0.4) is 0 Å². The van der Waals surface area contributed by atoms with E-state index in [-0.39, 0.29) is 39.0 Å². The molecule has 0 aromatic rings. The van der Waals surface area contributed by atoms with Gasteiger partial charge in [0.15, 0.2) is 0 Å². The largest absolute Gasteiger partial charge is 0.479 e. The van der Waals surface area contributed by atoms with Gasteiger partial charge in [0.05, 0.1) is 0 Å². The number of aliphatic hydroxyl groups excluding tert-OH is 1. The summed E-state index contributed by atoms with van der Waals surface area (Å²) < 4.78 is 31.6. The number of carboxylic acid groups (broad SMARTS) is 1. The van der Waals surface area contributed by atoms with Gasteiger partial charge in [-0.05, 0) is 6.92 Å². The van der Waals surface area contributed by atoms with E-state index in [4.69, 9.17) is 27.7 Å². The number of carbonyl (C=O) groups is 1. The molecule has 0 rings (SSSR count). The van der Waals surface area contributed by atoms with Crippen LogP contribution in [-0.2, 0) is 54.1 Å². The molecule has 1 atom stereocenters. The Morgan fingerprint density at radius 3 is 1.31 bits per heavy atom. The third-order valence-corrected chi connectivity index (χ3v) is 0.357.